The molecule has 206 valence electrons. The number of fused-ring (bicyclic) bond motifs is 2. The van der Waals surface area contributed by atoms with Crippen LogP contribution >= 0.6 is 0 Å². The van der Waals surface area contributed by atoms with Gasteiger partial charge in [0.05, 0.1) is 11.9 Å². The van der Waals surface area contributed by atoms with Crippen LogP contribution < -0.4 is 32.1 Å². The van der Waals surface area contributed by atoms with E-state index in [-0.39, 0.29) is 17.7 Å². The summed E-state index contributed by atoms with van der Waals surface area (Å²) >= 11 is 0. The zero-order valence-corrected chi connectivity index (χ0v) is 21.0. The van der Waals surface area contributed by atoms with E-state index in [0.717, 1.165) is 44.7 Å². The van der Waals surface area contributed by atoms with Gasteiger partial charge in [-0.3, -0.25) is 15.0 Å². The maximum atomic E-state index is 12.9. The molecule has 0 saturated heterocycles. The molecule has 0 unspecified atom stereocenters. The second kappa shape index (κ2) is 10.9. The molecule has 5 rings (SSSR count). The van der Waals surface area contributed by atoms with Gasteiger partial charge < -0.3 is 26.4 Å². The first-order valence-corrected chi connectivity index (χ1v) is 12.7. The summed E-state index contributed by atoms with van der Waals surface area (Å²) in [5, 5.41) is 16.6. The Morgan fingerprint density at radius 2 is 1.90 bits per heavy atom. The number of pyridine rings is 1. The monoisotopic (exact) mass is 542 g/mol. The smallest absolute Gasteiger partial charge is 0.433 e. The van der Waals surface area contributed by atoms with Gasteiger partial charge in [0.15, 0.2) is 23.3 Å². The summed E-state index contributed by atoms with van der Waals surface area (Å²) < 4.78 is 46.2. The predicted molar refractivity (Wildman–Crippen MR) is 140 cm³/mol. The first-order valence-electron chi connectivity index (χ1n) is 12.7. The molecule has 3 heterocycles. The van der Waals surface area contributed by atoms with E-state index >= 15 is 0 Å². The average Bonchev–Trinajstić information content (AvgIpc) is 2.91. The van der Waals surface area contributed by atoms with Gasteiger partial charge in [0.25, 0.3) is 0 Å². The third kappa shape index (κ3) is 6.14. The van der Waals surface area contributed by atoms with Crippen LogP contribution in [0.4, 0.5) is 24.7 Å². The molecule has 2 aromatic heterocycles. The second-order valence-corrected chi connectivity index (χ2v) is 9.67. The number of nitrogens with two attached hydrogens (primary N) is 1. The Balaban J connectivity index is 1.22. The van der Waals surface area contributed by atoms with Crippen LogP contribution in [-0.2, 0) is 6.18 Å². The number of nitrogens with zero attached hydrogens (tertiary/aromatic N) is 3. The molecule has 6 N–H and O–H groups in total. The number of alkyl halides is 3. The topological polar surface area (TPSA) is 143 Å². The molecule has 13 heteroatoms. The summed E-state index contributed by atoms with van der Waals surface area (Å²) in [5.74, 6) is 1.22. The Morgan fingerprint density at radius 3 is 2.59 bits per heavy atom. The molecule has 0 bridgehead atoms. The highest BCUT2D eigenvalue weighted by atomic mass is 19.4. The Labute approximate surface area is 222 Å². The van der Waals surface area contributed by atoms with Crippen molar-refractivity contribution in [1.29, 1.82) is 5.41 Å². The molecule has 1 fully saturated rings. The minimum atomic E-state index is -4.50. The zero-order chi connectivity index (χ0) is 27.6. The van der Waals surface area contributed by atoms with E-state index in [2.05, 4.69) is 25.9 Å². The summed E-state index contributed by atoms with van der Waals surface area (Å²) in [6, 6.07) is 7.88. The molecule has 0 atom stereocenters. The molecule has 1 saturated carbocycles. The Bertz CT molecular complexity index is 1400. The zero-order valence-electron chi connectivity index (χ0n) is 21.0. The number of nitrogens with one attached hydrogen (secondary N) is 4. The third-order valence-corrected chi connectivity index (χ3v) is 6.95. The van der Waals surface area contributed by atoms with Gasteiger partial charge in [-0.05, 0) is 62.4 Å². The van der Waals surface area contributed by atoms with Crippen LogP contribution in [0.5, 0.6) is 11.5 Å². The van der Waals surface area contributed by atoms with Crippen LogP contribution in [-0.4, -0.2) is 39.6 Å². The number of guanidine groups is 1. The highest BCUT2D eigenvalue weighted by Gasteiger charge is 2.32. The van der Waals surface area contributed by atoms with E-state index in [4.69, 9.17) is 15.9 Å². The van der Waals surface area contributed by atoms with Crippen LogP contribution in [0.15, 0.2) is 47.5 Å². The lowest BCUT2D eigenvalue weighted by Gasteiger charge is -2.31. The van der Waals surface area contributed by atoms with Crippen molar-refractivity contribution in [3.05, 3.63) is 58.9 Å². The van der Waals surface area contributed by atoms with Crippen molar-refractivity contribution < 1.29 is 17.9 Å². The predicted octanol–water partition coefficient (Wildman–Crippen LogP) is 4.12. The lowest BCUT2D eigenvalue weighted by molar-refractivity contribution is -0.141. The highest BCUT2D eigenvalue weighted by molar-refractivity contribution is 5.78. The van der Waals surface area contributed by atoms with E-state index < -0.39 is 11.9 Å². The summed E-state index contributed by atoms with van der Waals surface area (Å²) in [6.07, 6.45) is 2.75. The van der Waals surface area contributed by atoms with Crippen molar-refractivity contribution in [3.8, 4) is 22.6 Å². The number of hydrogen-bond acceptors (Lipinski definition) is 7. The highest BCUT2D eigenvalue weighted by Crippen LogP contribution is 2.42. The molecule has 0 radical (unpaired) electrons. The van der Waals surface area contributed by atoms with Crippen LogP contribution in [0.1, 0.15) is 43.8 Å². The molecule has 1 aromatic carbocycles. The standard InChI is InChI=1S/C26H29F3N8O2/c27-26(28,29)22-9-3-16(13-34-22)15-2-8-20-19(12-15)35-23-21(39-20)14-37(25(38)36-23)18-6-4-17(5-7-18)32-10-1-11-33-24(30)31/h2-3,8-9,12-14,17-18,32H,1,4-7,10-11H2,(H4,30,31,33)(H,35,36,38)/t17-,18-. The van der Waals surface area contributed by atoms with Gasteiger partial charge in [-0.2, -0.15) is 18.2 Å². The Hall–Kier alpha value is -4.13. The molecule has 0 amide bonds. The number of ether oxygens (including phenoxy) is 1. The molecular weight excluding hydrogens is 513 g/mol. The molecular formula is C26H29F3N8O2. The number of hydrogen-bond donors (Lipinski definition) is 5. The lowest BCUT2D eigenvalue weighted by atomic mass is 9.91. The van der Waals surface area contributed by atoms with Gasteiger partial charge in [-0.25, -0.2) is 4.79 Å². The van der Waals surface area contributed by atoms with Crippen molar-refractivity contribution in [3.63, 3.8) is 0 Å². The quantitative estimate of drug-likeness (QED) is 0.133. The van der Waals surface area contributed by atoms with Crippen molar-refractivity contribution in [2.75, 3.05) is 18.4 Å². The van der Waals surface area contributed by atoms with Gasteiger partial charge in [-0.1, -0.05) is 12.1 Å². The normalized spacial score (nSPS) is 18.3. The second-order valence-electron chi connectivity index (χ2n) is 9.67. The Morgan fingerprint density at radius 1 is 1.13 bits per heavy atom. The molecule has 0 spiro atoms. The summed E-state index contributed by atoms with van der Waals surface area (Å²) in [7, 11) is 0. The SMILES string of the molecule is N=C(N)NCCCN[C@H]1CC[C@H](n2cc3c(nc2=O)Nc2cc(-c4ccc(C(F)(F)F)nc4)ccc2O3)CC1. The number of benzene rings is 1. The van der Waals surface area contributed by atoms with Crippen molar-refractivity contribution >= 4 is 17.5 Å². The van der Waals surface area contributed by atoms with Crippen molar-refractivity contribution in [1.82, 2.24) is 25.2 Å². The van der Waals surface area contributed by atoms with Gasteiger partial charge >= 0.3 is 11.9 Å². The molecule has 1 aliphatic carbocycles. The van der Waals surface area contributed by atoms with Crippen molar-refractivity contribution in [2.24, 2.45) is 5.73 Å². The molecule has 2 aliphatic rings. The average molecular weight is 543 g/mol. The minimum Gasteiger partial charge on any atom is -0.450 e. The van der Waals surface area contributed by atoms with Gasteiger partial charge in [-0.15, -0.1) is 0 Å². The third-order valence-electron chi connectivity index (χ3n) is 6.95. The Kier molecular flexibility index (Phi) is 7.42. The van der Waals surface area contributed by atoms with E-state index in [1.165, 1.54) is 12.3 Å². The van der Waals surface area contributed by atoms with Crippen LogP contribution in [0, 0.1) is 5.41 Å². The molecule has 1 aliphatic heterocycles. The fourth-order valence-electron chi connectivity index (χ4n) is 4.93. The van der Waals surface area contributed by atoms with Crippen LogP contribution in [0.25, 0.3) is 11.1 Å². The number of aromatic nitrogens is 3. The summed E-state index contributed by atoms with van der Waals surface area (Å²) in [4.78, 5) is 20.6. The minimum absolute atomic E-state index is 0.0206. The lowest BCUT2D eigenvalue weighted by Crippen LogP contribution is -2.38. The number of anilines is 2. The summed E-state index contributed by atoms with van der Waals surface area (Å²) in [6.45, 7) is 1.48. The summed E-state index contributed by atoms with van der Waals surface area (Å²) in [5.41, 5.74) is 5.66. The van der Waals surface area contributed by atoms with Crippen LogP contribution in [0.3, 0.4) is 0 Å². The maximum Gasteiger partial charge on any atom is 0.433 e. The number of rotatable bonds is 7. The first kappa shape index (κ1) is 26.5. The van der Waals surface area contributed by atoms with Gasteiger partial charge in [0.2, 0.25) is 0 Å². The largest absolute Gasteiger partial charge is 0.450 e. The maximum absolute atomic E-state index is 12.9. The fraction of sp³-hybridized carbons (Fsp3) is 0.385. The van der Waals surface area contributed by atoms with Gasteiger partial charge in [0.1, 0.15) is 5.69 Å². The molecule has 10 nitrogen and oxygen atoms in total. The fourth-order valence-corrected chi connectivity index (χ4v) is 4.93. The van der Waals surface area contributed by atoms with Crippen LogP contribution in [0.2, 0.25) is 0 Å². The molecule has 39 heavy (non-hydrogen) atoms. The first-order chi connectivity index (χ1) is 18.7. The van der Waals surface area contributed by atoms with E-state index in [0.29, 0.717) is 46.7 Å². The van der Waals surface area contributed by atoms with E-state index in [1.807, 2.05) is 0 Å². The van der Waals surface area contributed by atoms with E-state index in [9.17, 15) is 18.0 Å². The van der Waals surface area contributed by atoms with E-state index in [1.54, 1.807) is 29.0 Å². The number of halogens is 3. The van der Waals surface area contributed by atoms with Gasteiger partial charge in [0, 0.05) is 30.4 Å². The molecule has 3 aromatic rings. The van der Waals surface area contributed by atoms with Crippen molar-refractivity contribution in [2.45, 2.75) is 50.4 Å².